The summed E-state index contributed by atoms with van der Waals surface area (Å²) in [5, 5.41) is 14.4. The quantitative estimate of drug-likeness (QED) is 0.780. The van der Waals surface area contributed by atoms with Gasteiger partial charge in [-0.1, -0.05) is 31.5 Å². The van der Waals surface area contributed by atoms with E-state index in [-0.39, 0.29) is 5.92 Å². The molecule has 19 heavy (non-hydrogen) atoms. The molecule has 0 heterocycles. The summed E-state index contributed by atoms with van der Waals surface area (Å²) < 4.78 is 0.545. The molecule has 1 atom stereocenters. The zero-order chi connectivity index (χ0) is 14.6. The highest BCUT2D eigenvalue weighted by molar-refractivity contribution is 9.10. The van der Waals surface area contributed by atoms with Gasteiger partial charge in [0.15, 0.2) is 0 Å². The van der Waals surface area contributed by atoms with Gasteiger partial charge in [-0.15, -0.1) is 0 Å². The van der Waals surface area contributed by atoms with Gasteiger partial charge in [-0.25, -0.2) is 9.59 Å². The second-order valence-electron chi connectivity index (χ2n) is 4.26. The zero-order valence-corrected chi connectivity index (χ0v) is 12.7. The van der Waals surface area contributed by atoms with Crippen LogP contribution in [0.3, 0.4) is 0 Å². The van der Waals surface area contributed by atoms with Gasteiger partial charge in [0.2, 0.25) is 0 Å². The molecule has 0 unspecified atom stereocenters. The number of aliphatic carboxylic acids is 1. The summed E-state index contributed by atoms with van der Waals surface area (Å²) in [6.45, 7) is 3.43. The van der Waals surface area contributed by atoms with Crippen LogP contribution in [0.2, 0.25) is 5.02 Å². The third kappa shape index (κ3) is 4.40. The lowest BCUT2D eigenvalue weighted by Crippen LogP contribution is -2.46. The second-order valence-corrected chi connectivity index (χ2v) is 5.46. The number of benzene rings is 1. The van der Waals surface area contributed by atoms with Gasteiger partial charge in [-0.3, -0.25) is 0 Å². The molecule has 0 saturated carbocycles. The van der Waals surface area contributed by atoms with Crippen LogP contribution in [-0.4, -0.2) is 23.1 Å². The Kier molecular flexibility index (Phi) is 5.62. The van der Waals surface area contributed by atoms with Crippen molar-refractivity contribution in [1.29, 1.82) is 0 Å². The van der Waals surface area contributed by atoms with Gasteiger partial charge >= 0.3 is 12.0 Å². The largest absolute Gasteiger partial charge is 0.480 e. The highest BCUT2D eigenvalue weighted by Gasteiger charge is 2.23. The summed E-state index contributed by atoms with van der Waals surface area (Å²) in [5.74, 6) is -1.29. The molecule has 2 amide bonds. The van der Waals surface area contributed by atoms with Crippen molar-refractivity contribution in [1.82, 2.24) is 5.32 Å². The molecular formula is C12H14BrClN2O3. The van der Waals surface area contributed by atoms with Gasteiger partial charge in [0.1, 0.15) is 6.04 Å². The molecule has 0 aliphatic rings. The Balaban J connectivity index is 2.75. The Morgan fingerprint density at radius 3 is 2.53 bits per heavy atom. The van der Waals surface area contributed by atoms with Crippen LogP contribution in [0.25, 0.3) is 0 Å². The molecule has 0 saturated heterocycles. The first-order chi connectivity index (χ1) is 8.82. The van der Waals surface area contributed by atoms with Gasteiger partial charge in [0, 0.05) is 0 Å². The van der Waals surface area contributed by atoms with E-state index in [0.29, 0.717) is 15.2 Å². The first kappa shape index (κ1) is 15.8. The van der Waals surface area contributed by atoms with E-state index in [0.717, 1.165) is 0 Å². The first-order valence-corrected chi connectivity index (χ1v) is 6.74. The SMILES string of the molecule is CC(C)[C@H](NC(=O)Nc1cccc(Cl)c1Br)C(=O)O. The topological polar surface area (TPSA) is 78.4 Å². The van der Waals surface area contributed by atoms with Gasteiger partial charge in [-0.2, -0.15) is 0 Å². The van der Waals surface area contributed by atoms with Crippen LogP contribution in [0.4, 0.5) is 10.5 Å². The molecule has 0 bridgehead atoms. The maximum atomic E-state index is 11.7. The Bertz CT molecular complexity index is 494. The predicted molar refractivity (Wildman–Crippen MR) is 77.6 cm³/mol. The van der Waals surface area contributed by atoms with Crippen molar-refractivity contribution in [3.8, 4) is 0 Å². The average Bonchev–Trinajstić information content (AvgIpc) is 2.31. The van der Waals surface area contributed by atoms with E-state index >= 15 is 0 Å². The maximum Gasteiger partial charge on any atom is 0.326 e. The Morgan fingerprint density at radius 1 is 1.37 bits per heavy atom. The number of anilines is 1. The summed E-state index contributed by atoms with van der Waals surface area (Å²) in [6.07, 6.45) is 0. The monoisotopic (exact) mass is 348 g/mol. The molecule has 3 N–H and O–H groups in total. The molecule has 1 rings (SSSR count). The number of hydrogen-bond donors (Lipinski definition) is 3. The summed E-state index contributed by atoms with van der Waals surface area (Å²) in [7, 11) is 0. The normalized spacial score (nSPS) is 12.1. The number of carboxylic acids is 1. The third-order valence-corrected chi connectivity index (χ3v) is 3.82. The molecule has 0 aliphatic heterocycles. The third-order valence-electron chi connectivity index (χ3n) is 2.42. The van der Waals surface area contributed by atoms with E-state index in [1.54, 1.807) is 32.0 Å². The first-order valence-electron chi connectivity index (χ1n) is 5.57. The van der Waals surface area contributed by atoms with E-state index in [2.05, 4.69) is 26.6 Å². The minimum Gasteiger partial charge on any atom is -0.480 e. The van der Waals surface area contributed by atoms with E-state index in [4.69, 9.17) is 16.7 Å². The number of carbonyl (C=O) groups is 2. The van der Waals surface area contributed by atoms with E-state index in [9.17, 15) is 9.59 Å². The van der Waals surface area contributed by atoms with Crippen molar-refractivity contribution in [3.05, 3.63) is 27.7 Å². The number of carbonyl (C=O) groups excluding carboxylic acids is 1. The van der Waals surface area contributed by atoms with Crippen LogP contribution in [0.1, 0.15) is 13.8 Å². The Labute approximate surface area is 124 Å². The fourth-order valence-electron chi connectivity index (χ4n) is 1.41. The molecule has 0 spiro atoms. The number of nitrogens with one attached hydrogen (secondary N) is 2. The zero-order valence-electron chi connectivity index (χ0n) is 10.4. The number of carboxylic acid groups (broad SMARTS) is 1. The van der Waals surface area contributed by atoms with Gasteiger partial charge in [0.05, 0.1) is 15.2 Å². The summed E-state index contributed by atoms with van der Waals surface area (Å²) in [4.78, 5) is 22.7. The van der Waals surface area contributed by atoms with Gasteiger partial charge < -0.3 is 15.7 Å². The van der Waals surface area contributed by atoms with Crippen molar-refractivity contribution < 1.29 is 14.7 Å². The number of amides is 2. The molecule has 0 aromatic heterocycles. The van der Waals surface area contributed by atoms with Crippen molar-refractivity contribution >= 4 is 45.2 Å². The smallest absolute Gasteiger partial charge is 0.326 e. The fraction of sp³-hybridized carbons (Fsp3) is 0.333. The average molecular weight is 350 g/mol. The van der Waals surface area contributed by atoms with Crippen molar-refractivity contribution in [2.75, 3.05) is 5.32 Å². The van der Waals surface area contributed by atoms with Crippen LogP contribution < -0.4 is 10.6 Å². The highest BCUT2D eigenvalue weighted by Crippen LogP contribution is 2.29. The van der Waals surface area contributed by atoms with Crippen molar-refractivity contribution in [3.63, 3.8) is 0 Å². The number of rotatable bonds is 4. The minimum absolute atomic E-state index is 0.217. The van der Waals surface area contributed by atoms with Crippen LogP contribution >= 0.6 is 27.5 Å². The molecule has 1 aromatic carbocycles. The van der Waals surface area contributed by atoms with Crippen LogP contribution in [0.15, 0.2) is 22.7 Å². The van der Waals surface area contributed by atoms with Crippen LogP contribution in [-0.2, 0) is 4.79 Å². The molecule has 104 valence electrons. The molecule has 0 fully saturated rings. The lowest BCUT2D eigenvalue weighted by atomic mass is 10.1. The van der Waals surface area contributed by atoms with E-state index < -0.39 is 18.0 Å². The Morgan fingerprint density at radius 2 is 2.00 bits per heavy atom. The molecule has 1 aromatic rings. The van der Waals surface area contributed by atoms with E-state index in [1.807, 2.05) is 0 Å². The number of halogens is 2. The van der Waals surface area contributed by atoms with Crippen LogP contribution in [0.5, 0.6) is 0 Å². The van der Waals surface area contributed by atoms with Gasteiger partial charge in [-0.05, 0) is 34.0 Å². The van der Waals surface area contributed by atoms with Crippen LogP contribution in [0, 0.1) is 5.92 Å². The van der Waals surface area contributed by atoms with E-state index in [1.165, 1.54) is 0 Å². The summed E-state index contributed by atoms with van der Waals surface area (Å²) in [6, 6.07) is 3.46. The maximum absolute atomic E-state index is 11.7. The molecular weight excluding hydrogens is 336 g/mol. The number of hydrogen-bond acceptors (Lipinski definition) is 2. The summed E-state index contributed by atoms with van der Waals surface area (Å²) >= 11 is 9.13. The molecule has 0 aliphatic carbocycles. The second kappa shape index (κ2) is 6.77. The van der Waals surface area contributed by atoms with Gasteiger partial charge in [0.25, 0.3) is 0 Å². The van der Waals surface area contributed by atoms with Crippen molar-refractivity contribution in [2.24, 2.45) is 5.92 Å². The standard InChI is InChI=1S/C12H14BrClN2O3/c1-6(2)10(11(17)18)16-12(19)15-8-5-3-4-7(14)9(8)13/h3-6,10H,1-2H3,(H,17,18)(H2,15,16,19)/t10-/m0/s1. The number of urea groups is 1. The lowest BCUT2D eigenvalue weighted by Gasteiger charge is -2.18. The molecule has 0 radical (unpaired) electrons. The fourth-order valence-corrected chi connectivity index (χ4v) is 1.95. The summed E-state index contributed by atoms with van der Waals surface area (Å²) in [5.41, 5.74) is 0.470. The predicted octanol–water partition coefficient (Wildman–Crippen LogP) is 3.33. The van der Waals surface area contributed by atoms with Crippen molar-refractivity contribution in [2.45, 2.75) is 19.9 Å². The minimum atomic E-state index is -1.07. The molecule has 7 heteroatoms. The molecule has 5 nitrogen and oxygen atoms in total. The lowest BCUT2D eigenvalue weighted by molar-refractivity contribution is -0.140. The Hall–Kier alpha value is -1.27. The highest BCUT2D eigenvalue weighted by atomic mass is 79.9.